The molecule has 5 nitrogen and oxygen atoms in total. The molecule has 7 heteroatoms. The number of hydrogen-bond acceptors (Lipinski definition) is 5. The van der Waals surface area contributed by atoms with Crippen molar-refractivity contribution in [2.24, 2.45) is 10.1 Å². The van der Waals surface area contributed by atoms with Crippen LogP contribution in [0, 0.1) is 0 Å². The van der Waals surface area contributed by atoms with E-state index in [1.807, 2.05) is 89.9 Å². The van der Waals surface area contributed by atoms with Gasteiger partial charge in [0.05, 0.1) is 23.8 Å². The van der Waals surface area contributed by atoms with E-state index in [-0.39, 0.29) is 11.3 Å². The van der Waals surface area contributed by atoms with Crippen LogP contribution in [0.4, 0.5) is 4.79 Å². The summed E-state index contributed by atoms with van der Waals surface area (Å²) in [4.78, 5) is 17.4. The number of halogens is 1. The highest BCUT2D eigenvalue weighted by molar-refractivity contribution is 8.18. The zero-order valence-electron chi connectivity index (χ0n) is 17.8. The lowest BCUT2D eigenvalue weighted by Crippen LogP contribution is -2.26. The van der Waals surface area contributed by atoms with Crippen LogP contribution in [-0.2, 0) is 0 Å². The van der Waals surface area contributed by atoms with E-state index in [1.54, 1.807) is 7.11 Å². The summed E-state index contributed by atoms with van der Waals surface area (Å²) in [6.07, 6.45) is 2.59. The van der Waals surface area contributed by atoms with E-state index in [4.69, 9.17) is 21.4 Å². The third-order valence-corrected chi connectivity index (χ3v) is 6.67. The Labute approximate surface area is 201 Å². The minimum atomic E-state index is -0.264. The van der Waals surface area contributed by atoms with E-state index in [0.29, 0.717) is 17.3 Å². The van der Waals surface area contributed by atoms with E-state index in [2.05, 4.69) is 4.99 Å². The van der Waals surface area contributed by atoms with Crippen LogP contribution in [0.3, 0.4) is 0 Å². The monoisotopic (exact) mass is 473 g/mol. The highest BCUT2D eigenvalue weighted by Gasteiger charge is 2.36. The van der Waals surface area contributed by atoms with Crippen molar-refractivity contribution in [2.45, 2.75) is 12.5 Å². The van der Waals surface area contributed by atoms with Crippen LogP contribution in [0.15, 0.2) is 93.9 Å². The van der Waals surface area contributed by atoms with Crippen molar-refractivity contribution in [2.75, 3.05) is 7.11 Å². The molecule has 0 saturated carbocycles. The van der Waals surface area contributed by atoms with Crippen LogP contribution in [0.25, 0.3) is 6.08 Å². The Hall–Kier alpha value is -3.35. The quantitative estimate of drug-likeness (QED) is 0.417. The first kappa shape index (κ1) is 21.5. The highest BCUT2D eigenvalue weighted by Crippen LogP contribution is 2.40. The lowest BCUT2D eigenvalue weighted by molar-refractivity contribution is 0.267. The fraction of sp³-hybridized carbons (Fsp3) is 0.115. The molecule has 1 atom stereocenters. The van der Waals surface area contributed by atoms with E-state index in [1.165, 1.54) is 0 Å². The van der Waals surface area contributed by atoms with Crippen LogP contribution in [0.1, 0.15) is 29.2 Å². The molecule has 3 aromatic rings. The maximum absolute atomic E-state index is 12.4. The first-order valence-electron chi connectivity index (χ1n) is 10.5. The minimum Gasteiger partial charge on any atom is -0.497 e. The zero-order chi connectivity index (χ0) is 22.8. The Kier molecular flexibility index (Phi) is 6.03. The zero-order valence-corrected chi connectivity index (χ0v) is 19.4. The molecule has 0 N–H and O–H groups in total. The molecule has 33 heavy (non-hydrogen) atoms. The van der Waals surface area contributed by atoms with Gasteiger partial charge in [-0.25, -0.2) is 5.01 Å². The van der Waals surface area contributed by atoms with Gasteiger partial charge in [0.2, 0.25) is 0 Å². The smallest absolute Gasteiger partial charge is 0.311 e. The topological polar surface area (TPSA) is 54.3 Å². The number of nitrogens with zero attached hydrogens (tertiary/aromatic N) is 3. The van der Waals surface area contributed by atoms with Gasteiger partial charge in [0, 0.05) is 11.4 Å². The summed E-state index contributed by atoms with van der Waals surface area (Å²) in [6.45, 7) is 0. The lowest BCUT2D eigenvalue weighted by atomic mass is 9.98. The van der Waals surface area contributed by atoms with Crippen LogP contribution in [0.5, 0.6) is 5.75 Å². The summed E-state index contributed by atoms with van der Waals surface area (Å²) in [5.41, 5.74) is 3.89. The van der Waals surface area contributed by atoms with Gasteiger partial charge in [-0.05, 0) is 52.7 Å². The molecular formula is C26H20ClN3O2S. The average Bonchev–Trinajstić information content (AvgIpc) is 3.44. The number of methoxy groups -OCH3 is 1. The Morgan fingerprint density at radius 3 is 2.48 bits per heavy atom. The normalized spacial score (nSPS) is 19.1. The largest absolute Gasteiger partial charge is 0.497 e. The molecule has 0 aromatic heterocycles. The Morgan fingerprint density at radius 2 is 1.76 bits per heavy atom. The van der Waals surface area contributed by atoms with Gasteiger partial charge in [-0.2, -0.15) is 10.1 Å². The van der Waals surface area contributed by atoms with E-state index < -0.39 is 0 Å². The molecule has 1 unspecified atom stereocenters. The van der Waals surface area contributed by atoms with Crippen molar-refractivity contribution in [1.29, 1.82) is 0 Å². The van der Waals surface area contributed by atoms with Gasteiger partial charge >= 0.3 is 5.24 Å². The lowest BCUT2D eigenvalue weighted by Gasteiger charge is -2.24. The number of ether oxygens (including phenoxy) is 1. The Morgan fingerprint density at radius 1 is 1.03 bits per heavy atom. The summed E-state index contributed by atoms with van der Waals surface area (Å²) in [5, 5.41) is 7.16. The second-order valence-corrected chi connectivity index (χ2v) is 8.98. The van der Waals surface area contributed by atoms with Crippen LogP contribution < -0.4 is 4.74 Å². The molecule has 3 aromatic carbocycles. The van der Waals surface area contributed by atoms with Gasteiger partial charge in [-0.1, -0.05) is 72.3 Å². The summed E-state index contributed by atoms with van der Waals surface area (Å²) < 4.78 is 5.32. The number of thioether (sulfide) groups is 1. The molecule has 2 aliphatic heterocycles. The van der Waals surface area contributed by atoms with Gasteiger partial charge in [-0.15, -0.1) is 0 Å². The van der Waals surface area contributed by atoms with Gasteiger partial charge in [0.15, 0.2) is 5.84 Å². The number of amidine groups is 1. The third kappa shape index (κ3) is 4.45. The maximum Gasteiger partial charge on any atom is 0.311 e. The predicted molar refractivity (Wildman–Crippen MR) is 135 cm³/mol. The fourth-order valence-electron chi connectivity index (χ4n) is 3.89. The molecule has 164 valence electrons. The van der Waals surface area contributed by atoms with Crippen molar-refractivity contribution in [3.8, 4) is 5.75 Å². The van der Waals surface area contributed by atoms with Gasteiger partial charge in [-0.3, -0.25) is 4.79 Å². The number of hydrogen-bond donors (Lipinski definition) is 0. The maximum atomic E-state index is 12.4. The Bertz CT molecular complexity index is 1290. The molecule has 0 radical (unpaired) electrons. The van der Waals surface area contributed by atoms with Crippen molar-refractivity contribution in [3.05, 3.63) is 105 Å². The van der Waals surface area contributed by atoms with Crippen LogP contribution in [-0.4, -0.2) is 28.9 Å². The van der Waals surface area contributed by atoms with Crippen molar-refractivity contribution in [1.82, 2.24) is 5.01 Å². The first-order valence-corrected chi connectivity index (χ1v) is 11.6. The van der Waals surface area contributed by atoms with Crippen LogP contribution >= 0.6 is 23.4 Å². The van der Waals surface area contributed by atoms with Crippen molar-refractivity contribution < 1.29 is 9.53 Å². The molecule has 1 amide bonds. The van der Waals surface area contributed by atoms with Crippen LogP contribution in [0.2, 0.25) is 5.02 Å². The second kappa shape index (κ2) is 9.25. The second-order valence-electron chi connectivity index (χ2n) is 7.58. The summed E-state index contributed by atoms with van der Waals surface area (Å²) in [6, 6.07) is 25.4. The fourth-order valence-corrected chi connectivity index (χ4v) is 4.82. The molecule has 5 rings (SSSR count). The summed E-state index contributed by atoms with van der Waals surface area (Å²) in [5.74, 6) is 1.33. The average molecular weight is 474 g/mol. The van der Waals surface area contributed by atoms with Crippen molar-refractivity contribution >= 4 is 46.2 Å². The number of carbonyl (C=O) groups is 1. The SMILES string of the molecule is COc1ccc(C2CC(c3ccccc3)=NN2C2=NC(=O)S/C2=C\c2ccccc2Cl)cc1. The summed E-state index contributed by atoms with van der Waals surface area (Å²) in [7, 11) is 1.65. The minimum absolute atomic E-state index is 0.106. The molecule has 2 aliphatic rings. The van der Waals surface area contributed by atoms with Gasteiger partial charge < -0.3 is 4.74 Å². The molecule has 0 spiro atoms. The first-order chi connectivity index (χ1) is 16.1. The predicted octanol–water partition coefficient (Wildman–Crippen LogP) is 6.81. The number of aliphatic imine (C=N–C) groups is 1. The number of benzene rings is 3. The standard InChI is InChI=1S/C26H20ClN3O2S/c1-32-20-13-11-18(12-14-20)23-16-22(17-7-3-2-4-8-17)29-30(23)25-24(33-26(31)28-25)15-19-9-5-6-10-21(19)27/h2-15,23H,16H2,1H3/b24-15-. The third-order valence-electron chi connectivity index (χ3n) is 5.54. The van der Waals surface area contributed by atoms with Gasteiger partial charge in [0.25, 0.3) is 0 Å². The molecule has 0 saturated heterocycles. The highest BCUT2D eigenvalue weighted by atomic mass is 35.5. The van der Waals surface area contributed by atoms with Crippen molar-refractivity contribution in [3.63, 3.8) is 0 Å². The number of amides is 1. The van der Waals surface area contributed by atoms with E-state index in [9.17, 15) is 4.79 Å². The summed E-state index contributed by atoms with van der Waals surface area (Å²) >= 11 is 7.46. The molecule has 0 fully saturated rings. The Balaban J connectivity index is 1.57. The molecule has 0 aliphatic carbocycles. The van der Waals surface area contributed by atoms with Gasteiger partial charge in [0.1, 0.15) is 5.75 Å². The van der Waals surface area contributed by atoms with E-state index >= 15 is 0 Å². The van der Waals surface area contributed by atoms with E-state index in [0.717, 1.165) is 44.8 Å². The number of hydrazone groups is 1. The molecule has 0 bridgehead atoms. The molecular weight excluding hydrogens is 454 g/mol. The number of carbonyl (C=O) groups excluding carboxylic acids is 1. The number of rotatable bonds is 4. The molecule has 2 heterocycles.